The lowest BCUT2D eigenvalue weighted by atomic mass is 10.3. The van der Waals surface area contributed by atoms with Gasteiger partial charge in [0, 0.05) is 0 Å². The maximum Gasteiger partial charge on any atom is 0.314 e. The largest absolute Gasteiger partial charge is 0.496 e. The van der Waals surface area contributed by atoms with Crippen LogP contribution in [-0.4, -0.2) is 22.2 Å². The summed E-state index contributed by atoms with van der Waals surface area (Å²) in [6.45, 7) is -0.110. The standard InChI is InChI=1S/C14H11N3O6/c1-20-9-4-5-11(10(7-9)17(18)19)22-8-13-15-14(16-23-13)12-3-2-6-21-12/h2-7H,8H2,1H3. The van der Waals surface area contributed by atoms with Gasteiger partial charge in [0.1, 0.15) is 5.75 Å². The first kappa shape index (κ1) is 14.6. The molecule has 1 aromatic carbocycles. The van der Waals surface area contributed by atoms with Gasteiger partial charge in [-0.1, -0.05) is 5.16 Å². The summed E-state index contributed by atoms with van der Waals surface area (Å²) in [5, 5.41) is 14.8. The van der Waals surface area contributed by atoms with Gasteiger partial charge in [-0.05, 0) is 24.3 Å². The Labute approximate surface area is 129 Å². The summed E-state index contributed by atoms with van der Waals surface area (Å²) in [5.41, 5.74) is -0.213. The van der Waals surface area contributed by atoms with Crippen molar-refractivity contribution in [3.63, 3.8) is 0 Å². The first-order chi connectivity index (χ1) is 11.2. The zero-order valence-corrected chi connectivity index (χ0v) is 12.0. The van der Waals surface area contributed by atoms with E-state index in [4.69, 9.17) is 18.4 Å². The smallest absolute Gasteiger partial charge is 0.314 e. The molecule has 9 heteroatoms. The van der Waals surface area contributed by atoms with Gasteiger partial charge in [0.2, 0.25) is 5.82 Å². The minimum atomic E-state index is -0.556. The molecule has 0 atom stereocenters. The van der Waals surface area contributed by atoms with Gasteiger partial charge < -0.3 is 18.4 Å². The number of rotatable bonds is 6. The summed E-state index contributed by atoms with van der Waals surface area (Å²) < 4.78 is 20.5. The zero-order chi connectivity index (χ0) is 16.2. The number of aromatic nitrogens is 2. The highest BCUT2D eigenvalue weighted by atomic mass is 16.6. The fourth-order valence-electron chi connectivity index (χ4n) is 1.85. The van der Waals surface area contributed by atoms with E-state index in [2.05, 4.69) is 10.1 Å². The number of hydrogen-bond acceptors (Lipinski definition) is 8. The number of nitro benzene ring substituents is 1. The van der Waals surface area contributed by atoms with Gasteiger partial charge in [0.05, 0.1) is 24.4 Å². The average molecular weight is 317 g/mol. The van der Waals surface area contributed by atoms with Gasteiger partial charge >= 0.3 is 5.69 Å². The Morgan fingerprint density at radius 3 is 2.91 bits per heavy atom. The van der Waals surface area contributed by atoms with Crippen LogP contribution in [0.15, 0.2) is 45.5 Å². The molecule has 0 bridgehead atoms. The molecule has 3 rings (SSSR count). The molecule has 0 saturated heterocycles. The Hall–Kier alpha value is -3.36. The predicted octanol–water partition coefficient (Wildman–Crippen LogP) is 2.83. The topological polar surface area (TPSA) is 114 Å². The number of hydrogen-bond donors (Lipinski definition) is 0. The summed E-state index contributed by atoms with van der Waals surface area (Å²) >= 11 is 0. The molecular weight excluding hydrogens is 306 g/mol. The second-order valence-corrected chi connectivity index (χ2v) is 4.37. The predicted molar refractivity (Wildman–Crippen MR) is 76.0 cm³/mol. The molecule has 2 aromatic heterocycles. The van der Waals surface area contributed by atoms with E-state index in [1.54, 1.807) is 18.2 Å². The van der Waals surface area contributed by atoms with E-state index >= 15 is 0 Å². The van der Waals surface area contributed by atoms with Gasteiger partial charge in [-0.2, -0.15) is 4.98 Å². The van der Waals surface area contributed by atoms with Crippen LogP contribution in [0, 0.1) is 10.1 Å². The Balaban J connectivity index is 1.74. The van der Waals surface area contributed by atoms with Crippen LogP contribution in [0.3, 0.4) is 0 Å². The van der Waals surface area contributed by atoms with E-state index in [-0.39, 0.29) is 29.8 Å². The molecule has 23 heavy (non-hydrogen) atoms. The lowest BCUT2D eigenvalue weighted by Gasteiger charge is -2.05. The molecule has 0 aliphatic rings. The highest BCUT2D eigenvalue weighted by molar-refractivity contribution is 5.51. The SMILES string of the molecule is COc1ccc(OCc2nc(-c3ccco3)no2)c([N+](=O)[O-])c1. The van der Waals surface area contributed by atoms with Crippen molar-refractivity contribution in [1.29, 1.82) is 0 Å². The Kier molecular flexibility index (Phi) is 3.91. The minimum Gasteiger partial charge on any atom is -0.496 e. The Bertz CT molecular complexity index is 812. The molecule has 2 heterocycles. The van der Waals surface area contributed by atoms with E-state index in [1.807, 2.05) is 0 Å². The first-order valence-electron chi connectivity index (χ1n) is 6.49. The fraction of sp³-hybridized carbons (Fsp3) is 0.143. The normalized spacial score (nSPS) is 10.5. The molecule has 0 N–H and O–H groups in total. The Morgan fingerprint density at radius 2 is 2.22 bits per heavy atom. The molecule has 0 aliphatic heterocycles. The van der Waals surface area contributed by atoms with Crippen molar-refractivity contribution in [2.45, 2.75) is 6.61 Å². The highest BCUT2D eigenvalue weighted by Crippen LogP contribution is 2.31. The number of ether oxygens (including phenoxy) is 2. The second kappa shape index (κ2) is 6.18. The van der Waals surface area contributed by atoms with Crippen LogP contribution in [-0.2, 0) is 6.61 Å². The molecular formula is C14H11N3O6. The molecule has 0 aliphatic carbocycles. The maximum atomic E-state index is 11.1. The lowest BCUT2D eigenvalue weighted by molar-refractivity contribution is -0.386. The van der Waals surface area contributed by atoms with Crippen LogP contribution < -0.4 is 9.47 Å². The first-order valence-corrected chi connectivity index (χ1v) is 6.49. The van der Waals surface area contributed by atoms with Crippen LogP contribution in [0.25, 0.3) is 11.6 Å². The number of methoxy groups -OCH3 is 1. The van der Waals surface area contributed by atoms with E-state index in [0.29, 0.717) is 11.5 Å². The van der Waals surface area contributed by atoms with E-state index in [0.717, 1.165) is 0 Å². The molecule has 118 valence electrons. The maximum absolute atomic E-state index is 11.1. The molecule has 0 amide bonds. The van der Waals surface area contributed by atoms with E-state index < -0.39 is 4.92 Å². The summed E-state index contributed by atoms with van der Waals surface area (Å²) in [6, 6.07) is 7.66. The van der Waals surface area contributed by atoms with Crippen molar-refractivity contribution >= 4 is 5.69 Å². The summed E-state index contributed by atoms with van der Waals surface area (Å²) in [5.74, 6) is 1.34. The molecule has 3 aromatic rings. The lowest BCUT2D eigenvalue weighted by Crippen LogP contribution is -2.00. The number of benzene rings is 1. The van der Waals surface area contributed by atoms with Crippen LogP contribution in [0.5, 0.6) is 11.5 Å². The van der Waals surface area contributed by atoms with E-state index in [9.17, 15) is 10.1 Å². The van der Waals surface area contributed by atoms with Gasteiger partial charge in [-0.3, -0.25) is 10.1 Å². The third kappa shape index (κ3) is 3.12. The second-order valence-electron chi connectivity index (χ2n) is 4.37. The third-order valence-electron chi connectivity index (χ3n) is 2.92. The van der Waals surface area contributed by atoms with Crippen LogP contribution in [0.2, 0.25) is 0 Å². The number of furan rings is 1. The highest BCUT2D eigenvalue weighted by Gasteiger charge is 2.18. The van der Waals surface area contributed by atoms with Crippen molar-refractivity contribution in [3.05, 3.63) is 52.6 Å². The molecule has 0 saturated carbocycles. The minimum absolute atomic E-state index is 0.0774. The number of nitro groups is 1. The van der Waals surface area contributed by atoms with Crippen molar-refractivity contribution in [3.8, 4) is 23.1 Å². The summed E-state index contributed by atoms with van der Waals surface area (Å²) in [6.07, 6.45) is 1.49. The molecule has 0 radical (unpaired) electrons. The van der Waals surface area contributed by atoms with Gasteiger partial charge in [-0.15, -0.1) is 0 Å². The van der Waals surface area contributed by atoms with Crippen molar-refractivity contribution in [2.75, 3.05) is 7.11 Å². The van der Waals surface area contributed by atoms with Crippen LogP contribution >= 0.6 is 0 Å². The average Bonchev–Trinajstić information content (AvgIpc) is 3.23. The molecule has 9 nitrogen and oxygen atoms in total. The number of nitrogens with zero attached hydrogens (tertiary/aromatic N) is 3. The quantitative estimate of drug-likeness (QED) is 0.503. The van der Waals surface area contributed by atoms with Gasteiger partial charge in [0.25, 0.3) is 5.89 Å². The molecule has 0 fully saturated rings. The zero-order valence-electron chi connectivity index (χ0n) is 12.0. The summed E-state index contributed by atoms with van der Waals surface area (Å²) in [4.78, 5) is 14.6. The van der Waals surface area contributed by atoms with Crippen molar-refractivity contribution < 1.29 is 23.3 Å². The summed E-state index contributed by atoms with van der Waals surface area (Å²) in [7, 11) is 1.42. The Morgan fingerprint density at radius 1 is 1.35 bits per heavy atom. The van der Waals surface area contributed by atoms with Crippen LogP contribution in [0.4, 0.5) is 5.69 Å². The van der Waals surface area contributed by atoms with E-state index in [1.165, 1.54) is 25.5 Å². The van der Waals surface area contributed by atoms with Gasteiger partial charge in [-0.25, -0.2) is 0 Å². The molecule has 0 spiro atoms. The fourth-order valence-corrected chi connectivity index (χ4v) is 1.85. The van der Waals surface area contributed by atoms with Crippen molar-refractivity contribution in [2.24, 2.45) is 0 Å². The van der Waals surface area contributed by atoms with Crippen LogP contribution in [0.1, 0.15) is 5.89 Å². The van der Waals surface area contributed by atoms with Gasteiger partial charge in [0.15, 0.2) is 18.1 Å². The van der Waals surface area contributed by atoms with Crippen molar-refractivity contribution in [1.82, 2.24) is 10.1 Å². The molecule has 0 unspecified atom stereocenters. The third-order valence-corrected chi connectivity index (χ3v) is 2.92. The monoisotopic (exact) mass is 317 g/mol.